The molecule has 1 amide bonds. The molecule has 0 radical (unpaired) electrons. The zero-order chi connectivity index (χ0) is 11.1. The molecule has 1 aliphatic carbocycles. The van der Waals surface area contributed by atoms with Crippen molar-refractivity contribution in [2.75, 3.05) is 13.2 Å². The van der Waals surface area contributed by atoms with Gasteiger partial charge in [-0.25, -0.2) is 4.79 Å². The highest BCUT2D eigenvalue weighted by molar-refractivity contribution is 5.67. The van der Waals surface area contributed by atoms with Crippen molar-refractivity contribution in [2.24, 2.45) is 0 Å². The van der Waals surface area contributed by atoms with E-state index in [0.29, 0.717) is 0 Å². The maximum atomic E-state index is 11.2. The number of hydrogen-bond acceptors (Lipinski definition) is 4. The molecule has 3 N–H and O–H groups in total. The number of aliphatic hydroxyl groups excluding tert-OH is 2. The fourth-order valence-electron chi connectivity index (χ4n) is 1.79. The van der Waals surface area contributed by atoms with Crippen LogP contribution in [0, 0.1) is 0 Å². The van der Waals surface area contributed by atoms with Gasteiger partial charge in [0.1, 0.15) is 6.61 Å². The molecule has 1 saturated carbocycles. The SMILES string of the molecule is O=C(NC1CCCCCC1O)OCCO. The summed E-state index contributed by atoms with van der Waals surface area (Å²) in [5.41, 5.74) is 0. The van der Waals surface area contributed by atoms with Crippen LogP contribution in [-0.4, -0.2) is 41.7 Å². The summed E-state index contributed by atoms with van der Waals surface area (Å²) in [7, 11) is 0. The lowest BCUT2D eigenvalue weighted by Gasteiger charge is -2.21. The molecule has 1 aliphatic rings. The molecule has 0 heterocycles. The number of nitrogens with one attached hydrogen (secondary N) is 1. The second-order valence-electron chi connectivity index (χ2n) is 3.82. The molecular weight excluding hydrogens is 198 g/mol. The molecular formula is C10H19NO4. The summed E-state index contributed by atoms with van der Waals surface area (Å²) in [6.07, 6.45) is 3.60. The van der Waals surface area contributed by atoms with E-state index >= 15 is 0 Å². The van der Waals surface area contributed by atoms with E-state index in [1.54, 1.807) is 0 Å². The first-order valence-corrected chi connectivity index (χ1v) is 5.46. The minimum Gasteiger partial charge on any atom is -0.447 e. The third-order valence-electron chi connectivity index (χ3n) is 2.61. The number of alkyl carbamates (subject to hydrolysis) is 1. The van der Waals surface area contributed by atoms with Gasteiger partial charge in [0, 0.05) is 0 Å². The fraction of sp³-hybridized carbons (Fsp3) is 0.900. The molecule has 88 valence electrons. The van der Waals surface area contributed by atoms with Gasteiger partial charge in [0.2, 0.25) is 0 Å². The number of rotatable bonds is 3. The molecule has 0 spiro atoms. The Hall–Kier alpha value is -0.810. The van der Waals surface area contributed by atoms with Gasteiger partial charge >= 0.3 is 6.09 Å². The maximum Gasteiger partial charge on any atom is 0.407 e. The van der Waals surface area contributed by atoms with Crippen molar-refractivity contribution < 1.29 is 19.7 Å². The topological polar surface area (TPSA) is 78.8 Å². The lowest BCUT2D eigenvalue weighted by atomic mass is 10.1. The largest absolute Gasteiger partial charge is 0.447 e. The highest BCUT2D eigenvalue weighted by Crippen LogP contribution is 2.17. The summed E-state index contributed by atoms with van der Waals surface area (Å²) in [5, 5.41) is 20.8. The van der Waals surface area contributed by atoms with Gasteiger partial charge in [0.15, 0.2) is 0 Å². The molecule has 1 fully saturated rings. The lowest BCUT2D eigenvalue weighted by molar-refractivity contribution is 0.0907. The highest BCUT2D eigenvalue weighted by atomic mass is 16.6. The Morgan fingerprint density at radius 1 is 1.33 bits per heavy atom. The van der Waals surface area contributed by atoms with Gasteiger partial charge in [0.25, 0.3) is 0 Å². The van der Waals surface area contributed by atoms with E-state index in [2.05, 4.69) is 10.1 Å². The van der Waals surface area contributed by atoms with Crippen LogP contribution in [0.2, 0.25) is 0 Å². The Kier molecular flexibility index (Phi) is 5.42. The van der Waals surface area contributed by atoms with Gasteiger partial charge in [-0.2, -0.15) is 0 Å². The number of aliphatic hydroxyl groups is 2. The average Bonchev–Trinajstić information content (AvgIpc) is 2.42. The smallest absolute Gasteiger partial charge is 0.407 e. The van der Waals surface area contributed by atoms with E-state index < -0.39 is 12.2 Å². The number of hydrogen-bond donors (Lipinski definition) is 3. The average molecular weight is 217 g/mol. The van der Waals surface area contributed by atoms with Crippen molar-refractivity contribution in [1.82, 2.24) is 5.32 Å². The van der Waals surface area contributed by atoms with E-state index in [0.717, 1.165) is 32.1 Å². The van der Waals surface area contributed by atoms with E-state index in [9.17, 15) is 9.90 Å². The Balaban J connectivity index is 2.30. The first-order chi connectivity index (χ1) is 7.24. The summed E-state index contributed by atoms with van der Waals surface area (Å²) in [5.74, 6) is 0. The molecule has 5 heteroatoms. The predicted molar refractivity (Wildman–Crippen MR) is 54.4 cm³/mol. The second kappa shape index (κ2) is 6.63. The van der Waals surface area contributed by atoms with Crippen LogP contribution in [0.1, 0.15) is 32.1 Å². The van der Waals surface area contributed by atoms with Crippen LogP contribution in [0.4, 0.5) is 4.79 Å². The molecule has 0 bridgehead atoms. The summed E-state index contributed by atoms with van der Waals surface area (Å²) in [4.78, 5) is 11.2. The second-order valence-corrected chi connectivity index (χ2v) is 3.82. The molecule has 15 heavy (non-hydrogen) atoms. The van der Waals surface area contributed by atoms with Crippen LogP contribution < -0.4 is 5.32 Å². The molecule has 0 aromatic heterocycles. The van der Waals surface area contributed by atoms with Crippen LogP contribution in [0.5, 0.6) is 0 Å². The Morgan fingerprint density at radius 3 is 2.80 bits per heavy atom. The number of carbonyl (C=O) groups excluding carboxylic acids is 1. The first kappa shape index (κ1) is 12.3. The zero-order valence-electron chi connectivity index (χ0n) is 8.82. The quantitative estimate of drug-likeness (QED) is 0.598. The van der Waals surface area contributed by atoms with Crippen molar-refractivity contribution in [3.63, 3.8) is 0 Å². The van der Waals surface area contributed by atoms with Gasteiger partial charge in [0.05, 0.1) is 18.8 Å². The summed E-state index contributed by atoms with van der Waals surface area (Å²) >= 11 is 0. The van der Waals surface area contributed by atoms with Crippen molar-refractivity contribution >= 4 is 6.09 Å². The predicted octanol–water partition coefficient (Wildman–Crippen LogP) is 0.398. The van der Waals surface area contributed by atoms with E-state index in [1.807, 2.05) is 0 Å². The molecule has 0 aliphatic heterocycles. The zero-order valence-corrected chi connectivity index (χ0v) is 8.82. The number of amides is 1. The molecule has 0 aromatic carbocycles. The van der Waals surface area contributed by atoms with E-state index in [4.69, 9.17) is 5.11 Å². The van der Waals surface area contributed by atoms with Crippen molar-refractivity contribution in [3.8, 4) is 0 Å². The van der Waals surface area contributed by atoms with Gasteiger partial charge in [-0.05, 0) is 12.8 Å². The number of ether oxygens (including phenoxy) is 1. The Bertz CT molecular complexity index is 198. The highest BCUT2D eigenvalue weighted by Gasteiger charge is 2.23. The van der Waals surface area contributed by atoms with E-state index in [1.165, 1.54) is 0 Å². The van der Waals surface area contributed by atoms with Gasteiger partial charge in [-0.15, -0.1) is 0 Å². The van der Waals surface area contributed by atoms with Gasteiger partial charge in [-0.1, -0.05) is 19.3 Å². The van der Waals surface area contributed by atoms with Crippen LogP contribution in [0.3, 0.4) is 0 Å². The van der Waals surface area contributed by atoms with Crippen molar-refractivity contribution in [1.29, 1.82) is 0 Å². The number of carbonyl (C=O) groups is 1. The van der Waals surface area contributed by atoms with Crippen LogP contribution in [0.15, 0.2) is 0 Å². The molecule has 0 saturated heterocycles. The summed E-state index contributed by atoms with van der Waals surface area (Å²) in [6, 6.07) is -0.210. The minimum absolute atomic E-state index is 0.00531. The third kappa shape index (κ3) is 4.48. The summed E-state index contributed by atoms with van der Waals surface area (Å²) in [6.45, 7) is -0.185. The van der Waals surface area contributed by atoms with Crippen LogP contribution >= 0.6 is 0 Å². The molecule has 1 rings (SSSR count). The van der Waals surface area contributed by atoms with Crippen LogP contribution in [0.25, 0.3) is 0 Å². The standard InChI is InChI=1S/C10H19NO4/c12-6-7-15-10(14)11-8-4-2-1-3-5-9(8)13/h8-9,12-13H,1-7H2,(H,11,14). The Labute approximate surface area is 89.4 Å². The van der Waals surface area contributed by atoms with Gasteiger partial charge in [-0.3, -0.25) is 0 Å². The first-order valence-electron chi connectivity index (χ1n) is 5.46. The van der Waals surface area contributed by atoms with Crippen molar-refractivity contribution in [3.05, 3.63) is 0 Å². The molecule has 2 atom stereocenters. The summed E-state index contributed by atoms with van der Waals surface area (Å²) < 4.78 is 4.67. The molecule has 2 unspecified atom stereocenters. The Morgan fingerprint density at radius 2 is 2.07 bits per heavy atom. The molecule has 5 nitrogen and oxygen atoms in total. The van der Waals surface area contributed by atoms with Crippen LogP contribution in [-0.2, 0) is 4.74 Å². The van der Waals surface area contributed by atoms with E-state index in [-0.39, 0.29) is 19.3 Å². The fourth-order valence-corrected chi connectivity index (χ4v) is 1.79. The monoisotopic (exact) mass is 217 g/mol. The lowest BCUT2D eigenvalue weighted by Crippen LogP contribution is -2.43. The normalized spacial score (nSPS) is 26.8. The third-order valence-corrected chi connectivity index (χ3v) is 2.61. The molecule has 0 aromatic rings. The van der Waals surface area contributed by atoms with Gasteiger partial charge < -0.3 is 20.3 Å². The maximum absolute atomic E-state index is 11.2. The minimum atomic E-state index is -0.560. The van der Waals surface area contributed by atoms with Crippen molar-refractivity contribution in [2.45, 2.75) is 44.2 Å².